The summed E-state index contributed by atoms with van der Waals surface area (Å²) in [5, 5.41) is 0. The molecule has 0 radical (unpaired) electrons. The number of hydrogen-bond donors (Lipinski definition) is 1. The molecule has 2 rings (SSSR count). The highest BCUT2D eigenvalue weighted by Crippen LogP contribution is 2.38. The summed E-state index contributed by atoms with van der Waals surface area (Å²) in [6.07, 6.45) is 0.829. The minimum Gasteiger partial charge on any atom is -0.496 e. The second-order valence-electron chi connectivity index (χ2n) is 4.58. The van der Waals surface area contributed by atoms with E-state index in [0.29, 0.717) is 23.0 Å². The van der Waals surface area contributed by atoms with Gasteiger partial charge in [0.1, 0.15) is 17.3 Å². The number of furan rings is 1. The highest BCUT2D eigenvalue weighted by Gasteiger charge is 2.20. The van der Waals surface area contributed by atoms with E-state index in [-0.39, 0.29) is 0 Å². The van der Waals surface area contributed by atoms with Crippen LogP contribution < -0.4 is 19.9 Å². The van der Waals surface area contributed by atoms with Crippen LogP contribution in [0.1, 0.15) is 30.0 Å². The predicted molar refractivity (Wildman–Crippen MR) is 80.2 cm³/mol. The molecule has 5 heteroatoms. The van der Waals surface area contributed by atoms with Crippen molar-refractivity contribution in [2.75, 3.05) is 21.3 Å². The molecule has 1 atom stereocenters. The van der Waals surface area contributed by atoms with Crippen LogP contribution in [0, 0.1) is 0 Å². The van der Waals surface area contributed by atoms with Crippen molar-refractivity contribution >= 4 is 0 Å². The Morgan fingerprint density at radius 1 is 1.00 bits per heavy atom. The van der Waals surface area contributed by atoms with E-state index in [0.717, 1.165) is 17.7 Å². The van der Waals surface area contributed by atoms with Crippen LogP contribution in [0.3, 0.4) is 0 Å². The van der Waals surface area contributed by atoms with E-state index < -0.39 is 6.04 Å². The molecule has 21 heavy (non-hydrogen) atoms. The van der Waals surface area contributed by atoms with Gasteiger partial charge in [-0.1, -0.05) is 6.92 Å². The van der Waals surface area contributed by atoms with Crippen molar-refractivity contribution in [2.24, 2.45) is 5.73 Å². The van der Waals surface area contributed by atoms with Crippen molar-refractivity contribution in [1.29, 1.82) is 0 Å². The highest BCUT2D eigenvalue weighted by atomic mass is 16.5. The van der Waals surface area contributed by atoms with Gasteiger partial charge in [-0.2, -0.15) is 0 Å². The molecule has 2 aromatic rings. The van der Waals surface area contributed by atoms with Gasteiger partial charge in [-0.15, -0.1) is 0 Å². The van der Waals surface area contributed by atoms with E-state index in [1.165, 1.54) is 0 Å². The normalized spacial score (nSPS) is 12.0. The zero-order valence-electron chi connectivity index (χ0n) is 12.8. The van der Waals surface area contributed by atoms with Gasteiger partial charge in [0.25, 0.3) is 0 Å². The lowest BCUT2D eigenvalue weighted by atomic mass is 10.0. The molecule has 0 spiro atoms. The summed E-state index contributed by atoms with van der Waals surface area (Å²) in [6, 6.07) is 6.97. The van der Waals surface area contributed by atoms with Crippen molar-refractivity contribution in [1.82, 2.24) is 0 Å². The molecule has 1 aromatic carbocycles. The van der Waals surface area contributed by atoms with Crippen LogP contribution in [0.5, 0.6) is 17.2 Å². The smallest absolute Gasteiger partial charge is 0.164 e. The number of nitrogens with two attached hydrogens (primary N) is 1. The first-order chi connectivity index (χ1) is 10.1. The Kier molecular flexibility index (Phi) is 4.75. The molecule has 114 valence electrons. The fraction of sp³-hybridized carbons (Fsp3) is 0.375. The summed E-state index contributed by atoms with van der Waals surface area (Å²) in [5.74, 6) is 3.43. The monoisotopic (exact) mass is 291 g/mol. The minimum atomic E-state index is -0.431. The van der Waals surface area contributed by atoms with Crippen molar-refractivity contribution in [3.8, 4) is 17.2 Å². The largest absolute Gasteiger partial charge is 0.496 e. The van der Waals surface area contributed by atoms with Crippen molar-refractivity contribution < 1.29 is 18.6 Å². The third kappa shape index (κ3) is 2.97. The van der Waals surface area contributed by atoms with Gasteiger partial charge in [-0.25, -0.2) is 0 Å². The first kappa shape index (κ1) is 15.3. The Labute approximate surface area is 124 Å². The van der Waals surface area contributed by atoms with Gasteiger partial charge in [0.05, 0.1) is 27.4 Å². The minimum absolute atomic E-state index is 0.431. The maximum atomic E-state index is 6.31. The maximum Gasteiger partial charge on any atom is 0.164 e. The Hall–Kier alpha value is -2.14. The molecule has 0 aliphatic heterocycles. The number of aryl methyl sites for hydroxylation is 1. The summed E-state index contributed by atoms with van der Waals surface area (Å²) in [5.41, 5.74) is 7.09. The quantitative estimate of drug-likeness (QED) is 0.886. The van der Waals surface area contributed by atoms with Gasteiger partial charge in [0, 0.05) is 18.1 Å². The Balaban J connectivity index is 2.45. The van der Waals surface area contributed by atoms with Crippen LogP contribution in [0.4, 0.5) is 0 Å². The summed E-state index contributed by atoms with van der Waals surface area (Å²) >= 11 is 0. The van der Waals surface area contributed by atoms with Crippen LogP contribution in [0.25, 0.3) is 0 Å². The van der Waals surface area contributed by atoms with Crippen LogP contribution in [0.15, 0.2) is 28.7 Å². The summed E-state index contributed by atoms with van der Waals surface area (Å²) in [6.45, 7) is 2.03. The molecular formula is C16H21NO4. The molecule has 1 unspecified atom stereocenters. The highest BCUT2D eigenvalue weighted by molar-refractivity contribution is 5.53. The molecule has 5 nitrogen and oxygen atoms in total. The fourth-order valence-electron chi connectivity index (χ4n) is 2.20. The topological polar surface area (TPSA) is 66.9 Å². The Morgan fingerprint density at radius 3 is 2.14 bits per heavy atom. The van der Waals surface area contributed by atoms with E-state index in [1.54, 1.807) is 27.4 Å². The molecule has 0 amide bonds. The first-order valence-electron chi connectivity index (χ1n) is 6.78. The molecule has 0 saturated heterocycles. The fourth-order valence-corrected chi connectivity index (χ4v) is 2.20. The van der Waals surface area contributed by atoms with E-state index in [4.69, 9.17) is 24.4 Å². The number of ether oxygens (including phenoxy) is 3. The number of methoxy groups -OCH3 is 3. The van der Waals surface area contributed by atoms with E-state index in [2.05, 4.69) is 0 Å². The van der Waals surface area contributed by atoms with E-state index in [1.807, 2.05) is 25.1 Å². The average molecular weight is 291 g/mol. The van der Waals surface area contributed by atoms with Gasteiger partial charge in [-0.05, 0) is 18.2 Å². The average Bonchev–Trinajstić information content (AvgIpc) is 3.01. The zero-order chi connectivity index (χ0) is 15.4. The third-order valence-corrected chi connectivity index (χ3v) is 3.41. The number of benzene rings is 1. The number of rotatable bonds is 6. The number of hydrogen-bond acceptors (Lipinski definition) is 5. The first-order valence-corrected chi connectivity index (χ1v) is 6.78. The molecule has 1 heterocycles. The lowest BCUT2D eigenvalue weighted by molar-refractivity contribution is 0.346. The second-order valence-corrected chi connectivity index (χ2v) is 4.58. The van der Waals surface area contributed by atoms with Crippen molar-refractivity contribution in [3.05, 3.63) is 41.3 Å². The summed E-state index contributed by atoms with van der Waals surface area (Å²) < 4.78 is 21.7. The van der Waals surface area contributed by atoms with E-state index >= 15 is 0 Å². The van der Waals surface area contributed by atoms with E-state index in [9.17, 15) is 0 Å². The molecular weight excluding hydrogens is 270 g/mol. The molecule has 0 bridgehead atoms. The molecule has 0 fully saturated rings. The van der Waals surface area contributed by atoms with Gasteiger partial charge < -0.3 is 24.4 Å². The summed E-state index contributed by atoms with van der Waals surface area (Å²) in [4.78, 5) is 0. The SMILES string of the molecule is CCc1ccc(C(N)c2cc(OC)c(OC)cc2OC)o1. The van der Waals surface area contributed by atoms with Gasteiger partial charge >= 0.3 is 0 Å². The lowest BCUT2D eigenvalue weighted by Crippen LogP contribution is -2.13. The van der Waals surface area contributed by atoms with Gasteiger partial charge in [0.2, 0.25) is 0 Å². The molecule has 0 aliphatic rings. The summed E-state index contributed by atoms with van der Waals surface area (Å²) in [7, 11) is 4.76. The van der Waals surface area contributed by atoms with Crippen molar-refractivity contribution in [2.45, 2.75) is 19.4 Å². The van der Waals surface area contributed by atoms with Crippen LogP contribution in [0.2, 0.25) is 0 Å². The molecule has 1 aromatic heterocycles. The zero-order valence-corrected chi connectivity index (χ0v) is 12.8. The Bertz CT molecular complexity index is 606. The lowest BCUT2D eigenvalue weighted by Gasteiger charge is -2.17. The standard InChI is InChI=1S/C16H21NO4/c1-5-10-6-7-12(21-10)16(17)11-8-14(19-3)15(20-4)9-13(11)18-2/h6-9,16H,5,17H2,1-4H3. The predicted octanol–water partition coefficient (Wildman–Crippen LogP) is 2.92. The Morgan fingerprint density at radius 2 is 1.62 bits per heavy atom. The van der Waals surface area contributed by atoms with Crippen molar-refractivity contribution in [3.63, 3.8) is 0 Å². The molecule has 0 aliphatic carbocycles. The van der Waals surface area contributed by atoms with Gasteiger partial charge in [0.15, 0.2) is 11.5 Å². The van der Waals surface area contributed by atoms with Gasteiger partial charge in [-0.3, -0.25) is 0 Å². The maximum absolute atomic E-state index is 6.31. The second kappa shape index (κ2) is 6.54. The van der Waals surface area contributed by atoms with Crippen LogP contribution in [-0.4, -0.2) is 21.3 Å². The molecule has 0 saturated carbocycles. The van der Waals surface area contributed by atoms with Crippen LogP contribution in [-0.2, 0) is 6.42 Å². The van der Waals surface area contributed by atoms with Crippen LogP contribution >= 0.6 is 0 Å². The molecule has 2 N–H and O–H groups in total. The third-order valence-electron chi connectivity index (χ3n) is 3.41.